The van der Waals surface area contributed by atoms with Gasteiger partial charge in [-0.3, -0.25) is 19.1 Å². The van der Waals surface area contributed by atoms with E-state index in [0.717, 1.165) is 29.0 Å². The molecule has 0 saturated heterocycles. The number of carbonyl (C=O) groups is 1. The summed E-state index contributed by atoms with van der Waals surface area (Å²) in [5.74, 6) is -0.347. The zero-order chi connectivity index (χ0) is 21.8. The maximum absolute atomic E-state index is 12.8. The van der Waals surface area contributed by atoms with Gasteiger partial charge < -0.3 is 10.6 Å². The van der Waals surface area contributed by atoms with E-state index in [1.165, 1.54) is 27.9 Å². The summed E-state index contributed by atoms with van der Waals surface area (Å²) in [6, 6.07) is 8.01. The molecule has 2 aromatic heterocycles. The highest BCUT2D eigenvalue weighted by Crippen LogP contribution is 2.25. The normalized spacial score (nSPS) is 10.9. The lowest BCUT2D eigenvalue weighted by atomic mass is 10.2. The number of benzene rings is 1. The van der Waals surface area contributed by atoms with Crippen molar-refractivity contribution >= 4 is 28.7 Å². The first-order chi connectivity index (χ1) is 14.3. The van der Waals surface area contributed by atoms with Crippen LogP contribution in [0.4, 0.5) is 11.5 Å². The first kappa shape index (κ1) is 21.5. The molecule has 0 radical (unpaired) electrons. The molecular formula is C21H25N5O3S. The number of aromatic amines is 1. The number of thiazole rings is 1. The molecule has 0 aliphatic rings. The molecule has 0 fully saturated rings. The highest BCUT2D eigenvalue weighted by molar-refractivity contribution is 7.13. The van der Waals surface area contributed by atoms with Gasteiger partial charge in [0.15, 0.2) is 5.69 Å². The van der Waals surface area contributed by atoms with Gasteiger partial charge in [0.2, 0.25) is 5.91 Å². The summed E-state index contributed by atoms with van der Waals surface area (Å²) in [6.45, 7) is 4.38. The molecule has 3 rings (SSSR count). The monoisotopic (exact) mass is 427 g/mol. The van der Waals surface area contributed by atoms with E-state index in [2.05, 4.69) is 9.97 Å². The van der Waals surface area contributed by atoms with Crippen LogP contribution in [0.15, 0.2) is 39.2 Å². The smallest absolute Gasteiger partial charge is 0.330 e. The van der Waals surface area contributed by atoms with Crippen LogP contribution in [0.3, 0.4) is 0 Å². The molecule has 9 heteroatoms. The molecule has 0 atom stereocenters. The summed E-state index contributed by atoms with van der Waals surface area (Å²) in [4.78, 5) is 45.2. The fourth-order valence-electron chi connectivity index (χ4n) is 3.05. The number of aromatic nitrogens is 3. The van der Waals surface area contributed by atoms with Crippen molar-refractivity contribution in [2.45, 2.75) is 39.7 Å². The second-order valence-corrected chi connectivity index (χ2v) is 8.00. The molecular weight excluding hydrogens is 402 g/mol. The second-order valence-electron chi connectivity index (χ2n) is 7.14. The molecule has 1 amide bonds. The minimum absolute atomic E-state index is 0.00771. The van der Waals surface area contributed by atoms with Crippen molar-refractivity contribution < 1.29 is 4.79 Å². The number of unbranched alkanes of at least 4 members (excludes halogenated alkanes) is 1. The zero-order valence-electron chi connectivity index (χ0n) is 17.3. The summed E-state index contributed by atoms with van der Waals surface area (Å²) in [7, 11) is 1.48. The van der Waals surface area contributed by atoms with E-state index in [0.29, 0.717) is 12.2 Å². The Labute approximate surface area is 178 Å². The number of nitrogens with two attached hydrogens (primary N) is 1. The van der Waals surface area contributed by atoms with E-state index >= 15 is 0 Å². The second kappa shape index (κ2) is 9.08. The number of likely N-dealkylation sites (N-methyl/N-ethyl adjacent to an activating group) is 1. The number of hydrogen-bond donors (Lipinski definition) is 2. The molecule has 0 unspecified atom stereocenters. The van der Waals surface area contributed by atoms with Gasteiger partial charge in [0, 0.05) is 24.5 Å². The van der Waals surface area contributed by atoms with Gasteiger partial charge in [0.05, 0.1) is 12.1 Å². The number of rotatable bonds is 7. The third-order valence-electron chi connectivity index (χ3n) is 4.84. The van der Waals surface area contributed by atoms with Gasteiger partial charge in [-0.05, 0) is 13.3 Å². The van der Waals surface area contributed by atoms with Gasteiger partial charge in [0.25, 0.3) is 5.56 Å². The Balaban J connectivity index is 1.82. The van der Waals surface area contributed by atoms with Crippen LogP contribution < -0.4 is 21.9 Å². The quantitative estimate of drug-likeness (QED) is 0.601. The van der Waals surface area contributed by atoms with E-state index in [-0.39, 0.29) is 23.8 Å². The van der Waals surface area contributed by atoms with Crippen molar-refractivity contribution in [1.82, 2.24) is 14.5 Å². The first-order valence-electron chi connectivity index (χ1n) is 9.72. The van der Waals surface area contributed by atoms with E-state index in [1.54, 1.807) is 0 Å². The lowest BCUT2D eigenvalue weighted by Crippen LogP contribution is -2.39. The zero-order valence-corrected chi connectivity index (χ0v) is 18.1. The molecule has 3 aromatic rings. The summed E-state index contributed by atoms with van der Waals surface area (Å²) in [5, 5.41) is 2.65. The van der Waals surface area contributed by atoms with Gasteiger partial charge >= 0.3 is 5.69 Å². The van der Waals surface area contributed by atoms with Crippen LogP contribution in [0.1, 0.15) is 31.0 Å². The molecule has 8 nitrogen and oxygen atoms in total. The third-order valence-corrected chi connectivity index (χ3v) is 5.78. The number of aryl methyl sites for hydroxylation is 1. The maximum atomic E-state index is 12.8. The van der Waals surface area contributed by atoms with Crippen molar-refractivity contribution in [3.05, 3.63) is 61.7 Å². The van der Waals surface area contributed by atoms with Crippen molar-refractivity contribution in [2.24, 2.45) is 0 Å². The lowest BCUT2D eigenvalue weighted by Gasteiger charge is -2.20. The number of amides is 1. The highest BCUT2D eigenvalue weighted by Gasteiger charge is 2.21. The van der Waals surface area contributed by atoms with E-state index < -0.39 is 11.2 Å². The number of nitrogens with zero attached hydrogens (tertiary/aromatic N) is 3. The predicted octanol–water partition coefficient (Wildman–Crippen LogP) is 2.56. The van der Waals surface area contributed by atoms with Crippen LogP contribution in [-0.2, 0) is 17.8 Å². The Bertz CT molecular complexity index is 1160. The minimum atomic E-state index is -0.681. The third kappa shape index (κ3) is 4.51. The maximum Gasteiger partial charge on any atom is 0.330 e. The summed E-state index contributed by atoms with van der Waals surface area (Å²) in [6.07, 6.45) is 1.61. The summed E-state index contributed by atoms with van der Waals surface area (Å²) in [5.41, 5.74) is 7.57. The van der Waals surface area contributed by atoms with Gasteiger partial charge in [-0.1, -0.05) is 43.2 Å². The summed E-state index contributed by atoms with van der Waals surface area (Å²) >= 11 is 1.46. The van der Waals surface area contributed by atoms with Gasteiger partial charge in [-0.25, -0.2) is 9.78 Å². The topological polar surface area (TPSA) is 114 Å². The SMILES string of the molecule is CCCCn1c(N)c(N(C)C(=O)Cc2csc(-c3ccc(C)cc3)n2)c(=O)[nH]c1=O. The van der Waals surface area contributed by atoms with Crippen LogP contribution in [0.2, 0.25) is 0 Å². The molecule has 0 aliphatic carbocycles. The lowest BCUT2D eigenvalue weighted by molar-refractivity contribution is -0.117. The van der Waals surface area contributed by atoms with Crippen molar-refractivity contribution in [3.63, 3.8) is 0 Å². The average molecular weight is 428 g/mol. The van der Waals surface area contributed by atoms with Gasteiger partial charge in [-0.15, -0.1) is 11.3 Å². The van der Waals surface area contributed by atoms with Crippen LogP contribution in [0.5, 0.6) is 0 Å². The largest absolute Gasteiger partial charge is 0.383 e. The Kier molecular flexibility index (Phi) is 6.51. The first-order valence-corrected chi connectivity index (χ1v) is 10.6. The molecule has 2 heterocycles. The van der Waals surface area contributed by atoms with Crippen molar-refractivity contribution in [2.75, 3.05) is 17.7 Å². The Hall–Kier alpha value is -3.20. The molecule has 30 heavy (non-hydrogen) atoms. The van der Waals surface area contributed by atoms with Crippen LogP contribution >= 0.6 is 11.3 Å². The molecule has 1 aromatic carbocycles. The van der Waals surface area contributed by atoms with Gasteiger partial charge in [-0.2, -0.15) is 0 Å². The molecule has 3 N–H and O–H groups in total. The number of nitrogens with one attached hydrogen (secondary N) is 1. The molecule has 0 saturated carbocycles. The van der Waals surface area contributed by atoms with Crippen molar-refractivity contribution in [1.29, 1.82) is 0 Å². The fraction of sp³-hybridized carbons (Fsp3) is 0.333. The number of carbonyl (C=O) groups excluding carboxylic acids is 1. The minimum Gasteiger partial charge on any atom is -0.383 e. The average Bonchev–Trinajstić information content (AvgIpc) is 3.16. The van der Waals surface area contributed by atoms with Crippen LogP contribution in [0.25, 0.3) is 10.6 Å². The predicted molar refractivity (Wildman–Crippen MR) is 120 cm³/mol. The number of nitrogen functional groups attached to an aromatic ring is 1. The highest BCUT2D eigenvalue weighted by atomic mass is 32.1. The molecule has 0 bridgehead atoms. The van der Waals surface area contributed by atoms with Crippen LogP contribution in [-0.4, -0.2) is 27.5 Å². The van der Waals surface area contributed by atoms with Crippen molar-refractivity contribution in [3.8, 4) is 10.6 Å². The van der Waals surface area contributed by atoms with Gasteiger partial charge in [0.1, 0.15) is 10.8 Å². The summed E-state index contributed by atoms with van der Waals surface area (Å²) < 4.78 is 1.29. The van der Waals surface area contributed by atoms with Crippen LogP contribution in [0, 0.1) is 6.92 Å². The van der Waals surface area contributed by atoms with E-state index in [9.17, 15) is 14.4 Å². The number of H-pyrrole nitrogens is 1. The fourth-order valence-corrected chi connectivity index (χ4v) is 3.88. The standard InChI is InChI=1S/C21H25N5O3S/c1-4-5-10-26-18(22)17(19(28)24-21(26)29)25(3)16(27)11-15-12-30-20(23-15)14-8-6-13(2)7-9-14/h6-9,12H,4-5,10-11,22H2,1-3H3,(H,24,28,29). The van der Waals surface area contributed by atoms with E-state index in [4.69, 9.17) is 5.73 Å². The Morgan fingerprint density at radius 2 is 1.97 bits per heavy atom. The Morgan fingerprint density at radius 1 is 1.27 bits per heavy atom. The number of anilines is 2. The molecule has 0 aliphatic heterocycles. The van der Waals surface area contributed by atoms with E-state index in [1.807, 2.05) is 43.5 Å². The Morgan fingerprint density at radius 3 is 2.63 bits per heavy atom. The molecule has 158 valence electrons. The molecule has 0 spiro atoms. The number of hydrogen-bond acceptors (Lipinski definition) is 6.